The largest absolute Gasteiger partial charge is 0.494 e. The van der Waals surface area contributed by atoms with Gasteiger partial charge in [-0.1, -0.05) is 0 Å². The molecule has 0 saturated heterocycles. The van der Waals surface area contributed by atoms with E-state index in [0.717, 1.165) is 0 Å². The number of hydrogen-bond acceptors (Lipinski definition) is 5. The molecule has 0 bridgehead atoms. The van der Waals surface area contributed by atoms with E-state index >= 15 is 0 Å². The second-order valence-corrected chi connectivity index (χ2v) is 6.71. The van der Waals surface area contributed by atoms with E-state index < -0.39 is 15.0 Å². The molecule has 1 aromatic carbocycles. The third-order valence-corrected chi connectivity index (χ3v) is 3.57. The fraction of sp³-hybridized carbons (Fsp3) is 0.417. The maximum absolute atomic E-state index is 11.2. The third kappa shape index (κ3) is 6.45. The molecule has 1 rings (SSSR count). The summed E-state index contributed by atoms with van der Waals surface area (Å²) >= 11 is 0. The van der Waals surface area contributed by atoms with Gasteiger partial charge in [-0.2, -0.15) is 0 Å². The summed E-state index contributed by atoms with van der Waals surface area (Å²) in [7, 11) is 2.97. The monoisotopic (exact) mass is 306 g/mol. The zero-order valence-corrected chi connectivity index (χ0v) is 12.0. The highest BCUT2D eigenvalue weighted by molar-refractivity contribution is 8.13. The summed E-state index contributed by atoms with van der Waals surface area (Å²) in [5.74, 6) is 0.152. The number of carbonyl (C=O) groups excluding carboxylic acids is 1. The van der Waals surface area contributed by atoms with Crippen LogP contribution in [0.5, 0.6) is 5.75 Å². The molecule has 0 heterocycles. The van der Waals surface area contributed by atoms with E-state index in [1.165, 1.54) is 7.11 Å². The molecule has 0 aliphatic carbocycles. The molecule has 0 spiro atoms. The van der Waals surface area contributed by atoms with Gasteiger partial charge in [0.15, 0.2) is 0 Å². The Morgan fingerprint density at radius 2 is 1.84 bits per heavy atom. The first-order valence-corrected chi connectivity index (χ1v) is 8.14. The lowest BCUT2D eigenvalue weighted by Gasteiger charge is -2.06. The number of unbranched alkanes of at least 4 members (excludes halogenated alkanes) is 1. The first-order chi connectivity index (χ1) is 8.92. The molecule has 0 N–H and O–H groups in total. The second kappa shape index (κ2) is 7.35. The first-order valence-electron chi connectivity index (χ1n) is 5.66. The van der Waals surface area contributed by atoms with Crippen LogP contribution < -0.4 is 4.74 Å². The van der Waals surface area contributed by atoms with Crippen molar-refractivity contribution in [3.63, 3.8) is 0 Å². The molecule has 0 aliphatic rings. The topological polar surface area (TPSA) is 69.7 Å². The van der Waals surface area contributed by atoms with Crippen molar-refractivity contribution in [2.45, 2.75) is 12.8 Å². The van der Waals surface area contributed by atoms with E-state index in [0.29, 0.717) is 30.8 Å². The Morgan fingerprint density at radius 1 is 1.21 bits per heavy atom. The van der Waals surface area contributed by atoms with Crippen LogP contribution >= 0.6 is 10.7 Å². The second-order valence-electron chi connectivity index (χ2n) is 3.81. The smallest absolute Gasteiger partial charge is 0.337 e. The SMILES string of the molecule is COC(=O)c1ccc(OCCCCS(=O)(=O)Cl)cc1. The molecule has 7 heteroatoms. The normalized spacial score (nSPS) is 11.1. The minimum Gasteiger partial charge on any atom is -0.494 e. The molecule has 106 valence electrons. The van der Waals surface area contributed by atoms with Crippen LogP contribution in [-0.4, -0.2) is 33.9 Å². The predicted octanol–water partition coefficient (Wildman–Crippen LogP) is 2.20. The minimum absolute atomic E-state index is 0.0564. The van der Waals surface area contributed by atoms with E-state index in [1.807, 2.05) is 0 Å². The molecule has 5 nitrogen and oxygen atoms in total. The number of carbonyl (C=O) groups is 1. The van der Waals surface area contributed by atoms with Crippen molar-refractivity contribution < 1.29 is 22.7 Å². The van der Waals surface area contributed by atoms with Crippen LogP contribution in [0.25, 0.3) is 0 Å². The van der Waals surface area contributed by atoms with Crippen molar-refractivity contribution in [3.8, 4) is 5.75 Å². The van der Waals surface area contributed by atoms with Gasteiger partial charge in [-0.3, -0.25) is 0 Å². The lowest BCUT2D eigenvalue weighted by atomic mass is 10.2. The highest BCUT2D eigenvalue weighted by atomic mass is 35.7. The Hall–Kier alpha value is -1.27. The molecule has 19 heavy (non-hydrogen) atoms. The van der Waals surface area contributed by atoms with E-state index in [4.69, 9.17) is 15.4 Å². The zero-order valence-electron chi connectivity index (χ0n) is 10.5. The fourth-order valence-electron chi connectivity index (χ4n) is 1.37. The van der Waals surface area contributed by atoms with Crippen molar-refractivity contribution in [3.05, 3.63) is 29.8 Å². The summed E-state index contributed by atoms with van der Waals surface area (Å²) in [5.41, 5.74) is 0.447. The lowest BCUT2D eigenvalue weighted by molar-refractivity contribution is 0.0600. The van der Waals surface area contributed by atoms with Gasteiger partial charge in [0.2, 0.25) is 9.05 Å². The van der Waals surface area contributed by atoms with Crippen molar-refractivity contribution in [2.24, 2.45) is 0 Å². The Kier molecular flexibility index (Phi) is 6.11. The summed E-state index contributed by atoms with van der Waals surface area (Å²) in [5, 5.41) is 0. The molecule has 0 unspecified atom stereocenters. The Labute approximate surface area is 116 Å². The number of ether oxygens (including phenoxy) is 2. The molecule has 0 amide bonds. The molecule has 1 aromatic rings. The zero-order chi connectivity index (χ0) is 14.3. The van der Waals surface area contributed by atoms with E-state index in [1.54, 1.807) is 24.3 Å². The van der Waals surface area contributed by atoms with Crippen LogP contribution in [0.15, 0.2) is 24.3 Å². The standard InChI is InChI=1S/C12H15ClO5S/c1-17-12(14)10-4-6-11(7-5-10)18-8-2-3-9-19(13,15)16/h4-7H,2-3,8-9H2,1H3. The van der Waals surface area contributed by atoms with Crippen LogP contribution in [0, 0.1) is 0 Å². The van der Waals surface area contributed by atoms with E-state index in [2.05, 4.69) is 4.74 Å². The summed E-state index contributed by atoms with van der Waals surface area (Å²) in [6.45, 7) is 0.393. The number of halogens is 1. The van der Waals surface area contributed by atoms with Gasteiger partial charge in [0.25, 0.3) is 0 Å². The third-order valence-electron chi connectivity index (χ3n) is 2.33. The van der Waals surface area contributed by atoms with Gasteiger partial charge >= 0.3 is 5.97 Å². The maximum Gasteiger partial charge on any atom is 0.337 e. The van der Waals surface area contributed by atoms with Crippen LogP contribution in [0.2, 0.25) is 0 Å². The van der Waals surface area contributed by atoms with Crippen LogP contribution in [0.4, 0.5) is 0 Å². The molecule has 0 aromatic heterocycles. The van der Waals surface area contributed by atoms with Crippen LogP contribution in [-0.2, 0) is 13.8 Å². The van der Waals surface area contributed by atoms with Crippen molar-refractivity contribution >= 4 is 25.7 Å². The molecule has 0 aliphatic heterocycles. The summed E-state index contributed by atoms with van der Waals surface area (Å²) in [6.07, 6.45) is 1.04. The summed E-state index contributed by atoms with van der Waals surface area (Å²) < 4.78 is 31.3. The van der Waals surface area contributed by atoms with Crippen molar-refractivity contribution in [1.29, 1.82) is 0 Å². The van der Waals surface area contributed by atoms with Gasteiger partial charge in [0.1, 0.15) is 5.75 Å². The Morgan fingerprint density at radius 3 is 2.37 bits per heavy atom. The molecular weight excluding hydrogens is 292 g/mol. The highest BCUT2D eigenvalue weighted by Gasteiger charge is 2.06. The number of methoxy groups -OCH3 is 1. The molecule has 0 saturated carbocycles. The van der Waals surface area contributed by atoms with Crippen LogP contribution in [0.3, 0.4) is 0 Å². The predicted molar refractivity (Wildman–Crippen MR) is 72.2 cm³/mol. The Bertz CT molecular complexity index is 509. The van der Waals surface area contributed by atoms with Gasteiger partial charge < -0.3 is 9.47 Å². The minimum atomic E-state index is -3.42. The molecule has 0 atom stereocenters. The first kappa shape index (κ1) is 15.8. The van der Waals surface area contributed by atoms with Gasteiger partial charge in [0, 0.05) is 10.7 Å². The molecule has 0 fully saturated rings. The number of hydrogen-bond donors (Lipinski definition) is 0. The van der Waals surface area contributed by atoms with Crippen molar-refractivity contribution in [2.75, 3.05) is 19.5 Å². The average molecular weight is 307 g/mol. The quantitative estimate of drug-likeness (QED) is 0.439. The summed E-state index contributed by atoms with van der Waals surface area (Å²) in [6, 6.07) is 6.52. The van der Waals surface area contributed by atoms with E-state index in [-0.39, 0.29) is 5.75 Å². The number of esters is 1. The van der Waals surface area contributed by atoms with Crippen molar-refractivity contribution in [1.82, 2.24) is 0 Å². The average Bonchev–Trinajstić information content (AvgIpc) is 2.37. The Balaban J connectivity index is 2.32. The lowest BCUT2D eigenvalue weighted by Crippen LogP contribution is -2.03. The van der Waals surface area contributed by atoms with Gasteiger partial charge in [0.05, 0.1) is 25.0 Å². The van der Waals surface area contributed by atoms with Gasteiger partial charge in [-0.15, -0.1) is 0 Å². The van der Waals surface area contributed by atoms with Gasteiger partial charge in [-0.25, -0.2) is 13.2 Å². The number of benzene rings is 1. The molecule has 0 radical (unpaired) electrons. The fourth-order valence-corrected chi connectivity index (χ4v) is 2.25. The van der Waals surface area contributed by atoms with Crippen LogP contribution in [0.1, 0.15) is 23.2 Å². The maximum atomic E-state index is 11.2. The molecular formula is C12H15ClO5S. The number of rotatable bonds is 7. The van der Waals surface area contributed by atoms with Gasteiger partial charge in [-0.05, 0) is 37.1 Å². The summed E-state index contributed by atoms with van der Waals surface area (Å²) in [4.78, 5) is 11.2. The highest BCUT2D eigenvalue weighted by Crippen LogP contribution is 2.13. The van der Waals surface area contributed by atoms with E-state index in [9.17, 15) is 13.2 Å².